The molecule has 1 aromatic rings. The highest BCUT2D eigenvalue weighted by molar-refractivity contribution is 5.74. The summed E-state index contributed by atoms with van der Waals surface area (Å²) in [6.07, 6.45) is 3.25. The Morgan fingerprint density at radius 1 is 1.20 bits per heavy atom. The van der Waals surface area contributed by atoms with Gasteiger partial charge in [-0.1, -0.05) is 44.2 Å². The lowest BCUT2D eigenvalue weighted by Gasteiger charge is -2.34. The molecular formula is C17H26N2O. The van der Waals surface area contributed by atoms with Crippen LogP contribution in [0.2, 0.25) is 0 Å². The molecule has 0 bridgehead atoms. The van der Waals surface area contributed by atoms with E-state index in [0.717, 1.165) is 32.5 Å². The SMILES string of the molecule is CC1CC(C)CN(C(=O)NCCCc2ccccc2)C1. The summed E-state index contributed by atoms with van der Waals surface area (Å²) in [6.45, 7) is 7.01. The van der Waals surface area contributed by atoms with Crippen molar-refractivity contribution in [3.63, 3.8) is 0 Å². The van der Waals surface area contributed by atoms with Crippen molar-refractivity contribution in [1.82, 2.24) is 10.2 Å². The maximum atomic E-state index is 12.1. The lowest BCUT2D eigenvalue weighted by Crippen LogP contribution is -2.47. The Kier molecular flexibility index (Phi) is 5.45. The van der Waals surface area contributed by atoms with Crippen molar-refractivity contribution < 1.29 is 4.79 Å². The summed E-state index contributed by atoms with van der Waals surface area (Å²) in [5, 5.41) is 3.05. The number of carbonyl (C=O) groups is 1. The van der Waals surface area contributed by atoms with Crippen LogP contribution in [0.5, 0.6) is 0 Å². The summed E-state index contributed by atoms with van der Waals surface area (Å²) in [5.41, 5.74) is 1.34. The molecule has 110 valence electrons. The fourth-order valence-corrected chi connectivity index (χ4v) is 3.07. The van der Waals surface area contributed by atoms with Crippen LogP contribution in [0, 0.1) is 11.8 Å². The van der Waals surface area contributed by atoms with Crippen molar-refractivity contribution in [3.8, 4) is 0 Å². The van der Waals surface area contributed by atoms with Gasteiger partial charge in [-0.05, 0) is 36.7 Å². The summed E-state index contributed by atoms with van der Waals surface area (Å²) < 4.78 is 0. The number of hydrogen-bond donors (Lipinski definition) is 1. The minimum absolute atomic E-state index is 0.108. The van der Waals surface area contributed by atoms with E-state index in [1.807, 2.05) is 11.0 Å². The Balaban J connectivity index is 1.67. The van der Waals surface area contributed by atoms with Gasteiger partial charge in [-0.15, -0.1) is 0 Å². The summed E-state index contributed by atoms with van der Waals surface area (Å²) in [7, 11) is 0. The van der Waals surface area contributed by atoms with Crippen molar-refractivity contribution in [2.45, 2.75) is 33.1 Å². The number of nitrogens with one attached hydrogen (secondary N) is 1. The molecule has 1 fully saturated rings. The molecule has 1 aliphatic rings. The molecule has 1 saturated heterocycles. The fourth-order valence-electron chi connectivity index (χ4n) is 3.07. The average Bonchev–Trinajstić information content (AvgIpc) is 2.43. The number of aryl methyl sites for hydroxylation is 1. The molecule has 1 aromatic carbocycles. The van der Waals surface area contributed by atoms with Gasteiger partial charge in [0.05, 0.1) is 0 Å². The number of rotatable bonds is 4. The quantitative estimate of drug-likeness (QED) is 0.839. The summed E-state index contributed by atoms with van der Waals surface area (Å²) in [6, 6.07) is 10.5. The van der Waals surface area contributed by atoms with Crippen molar-refractivity contribution in [1.29, 1.82) is 0 Å². The summed E-state index contributed by atoms with van der Waals surface area (Å²) in [5.74, 6) is 1.24. The van der Waals surface area contributed by atoms with E-state index < -0.39 is 0 Å². The maximum absolute atomic E-state index is 12.1. The maximum Gasteiger partial charge on any atom is 0.317 e. The number of urea groups is 1. The second-order valence-electron chi connectivity index (χ2n) is 6.17. The molecule has 2 amide bonds. The molecule has 0 spiro atoms. The smallest absolute Gasteiger partial charge is 0.317 e. The van der Waals surface area contributed by atoms with Gasteiger partial charge < -0.3 is 10.2 Å². The molecule has 0 saturated carbocycles. The number of nitrogens with zero attached hydrogens (tertiary/aromatic N) is 1. The van der Waals surface area contributed by atoms with Gasteiger partial charge in [0.2, 0.25) is 0 Å². The first-order chi connectivity index (χ1) is 9.65. The number of hydrogen-bond acceptors (Lipinski definition) is 1. The molecule has 1 N–H and O–H groups in total. The number of benzene rings is 1. The van der Waals surface area contributed by atoms with Crippen LogP contribution in [0.3, 0.4) is 0 Å². The minimum Gasteiger partial charge on any atom is -0.338 e. The highest BCUT2D eigenvalue weighted by atomic mass is 16.2. The van der Waals surface area contributed by atoms with Gasteiger partial charge in [0.15, 0.2) is 0 Å². The Hall–Kier alpha value is -1.51. The van der Waals surface area contributed by atoms with Gasteiger partial charge in [0.25, 0.3) is 0 Å². The van der Waals surface area contributed by atoms with E-state index in [0.29, 0.717) is 11.8 Å². The molecule has 20 heavy (non-hydrogen) atoms. The van der Waals surface area contributed by atoms with Gasteiger partial charge in [-0.3, -0.25) is 0 Å². The number of amides is 2. The zero-order valence-electron chi connectivity index (χ0n) is 12.6. The van der Waals surface area contributed by atoms with Crippen molar-refractivity contribution in [3.05, 3.63) is 35.9 Å². The van der Waals surface area contributed by atoms with Gasteiger partial charge >= 0.3 is 6.03 Å². The van der Waals surface area contributed by atoms with E-state index >= 15 is 0 Å². The van der Waals surface area contributed by atoms with E-state index in [1.165, 1.54) is 12.0 Å². The fraction of sp³-hybridized carbons (Fsp3) is 0.588. The predicted molar refractivity (Wildman–Crippen MR) is 82.7 cm³/mol. The van der Waals surface area contributed by atoms with E-state index in [4.69, 9.17) is 0 Å². The molecule has 1 heterocycles. The third kappa shape index (κ3) is 4.55. The zero-order valence-corrected chi connectivity index (χ0v) is 12.6. The first kappa shape index (κ1) is 14.9. The van der Waals surface area contributed by atoms with Crippen LogP contribution in [0.25, 0.3) is 0 Å². The minimum atomic E-state index is 0.108. The van der Waals surface area contributed by atoms with Crippen LogP contribution in [0.4, 0.5) is 4.79 Å². The molecule has 0 aliphatic carbocycles. The standard InChI is InChI=1S/C17H26N2O/c1-14-11-15(2)13-19(12-14)17(20)18-10-6-9-16-7-4-3-5-8-16/h3-5,7-8,14-15H,6,9-13H2,1-2H3,(H,18,20). The monoisotopic (exact) mass is 274 g/mol. The number of carbonyl (C=O) groups excluding carboxylic acids is 1. The van der Waals surface area contributed by atoms with Crippen molar-refractivity contribution in [2.75, 3.05) is 19.6 Å². The van der Waals surface area contributed by atoms with Crippen molar-refractivity contribution in [2.24, 2.45) is 11.8 Å². The van der Waals surface area contributed by atoms with Crippen LogP contribution in [0.1, 0.15) is 32.3 Å². The largest absolute Gasteiger partial charge is 0.338 e. The van der Waals surface area contributed by atoms with E-state index in [1.54, 1.807) is 0 Å². The van der Waals surface area contributed by atoms with Crippen LogP contribution in [0.15, 0.2) is 30.3 Å². The Bertz CT molecular complexity index is 408. The molecule has 3 heteroatoms. The van der Waals surface area contributed by atoms with Gasteiger partial charge in [-0.25, -0.2) is 4.79 Å². The Labute approximate surface area is 122 Å². The first-order valence-corrected chi connectivity index (χ1v) is 7.72. The number of piperidine rings is 1. The van der Waals surface area contributed by atoms with E-state index in [2.05, 4.69) is 43.4 Å². The Morgan fingerprint density at radius 3 is 2.50 bits per heavy atom. The van der Waals surface area contributed by atoms with Gasteiger partial charge in [0.1, 0.15) is 0 Å². The third-order valence-electron chi connectivity index (χ3n) is 3.92. The van der Waals surface area contributed by atoms with Crippen LogP contribution < -0.4 is 5.32 Å². The van der Waals surface area contributed by atoms with Gasteiger partial charge in [0, 0.05) is 19.6 Å². The summed E-state index contributed by atoms with van der Waals surface area (Å²) >= 11 is 0. The van der Waals surface area contributed by atoms with Crippen LogP contribution in [-0.2, 0) is 6.42 Å². The summed E-state index contributed by atoms with van der Waals surface area (Å²) in [4.78, 5) is 14.1. The van der Waals surface area contributed by atoms with Crippen molar-refractivity contribution >= 4 is 6.03 Å². The van der Waals surface area contributed by atoms with Gasteiger partial charge in [-0.2, -0.15) is 0 Å². The normalized spacial score (nSPS) is 22.6. The molecular weight excluding hydrogens is 248 g/mol. The second-order valence-corrected chi connectivity index (χ2v) is 6.17. The first-order valence-electron chi connectivity index (χ1n) is 7.72. The van der Waals surface area contributed by atoms with Crippen LogP contribution >= 0.6 is 0 Å². The molecule has 0 aromatic heterocycles. The molecule has 2 atom stereocenters. The highest BCUT2D eigenvalue weighted by Crippen LogP contribution is 2.20. The third-order valence-corrected chi connectivity index (χ3v) is 3.92. The topological polar surface area (TPSA) is 32.3 Å². The lowest BCUT2D eigenvalue weighted by molar-refractivity contribution is 0.146. The van der Waals surface area contributed by atoms with Crippen LogP contribution in [-0.4, -0.2) is 30.6 Å². The molecule has 3 nitrogen and oxygen atoms in total. The Morgan fingerprint density at radius 2 is 1.85 bits per heavy atom. The average molecular weight is 274 g/mol. The van der Waals surface area contributed by atoms with E-state index in [9.17, 15) is 4.79 Å². The highest BCUT2D eigenvalue weighted by Gasteiger charge is 2.24. The lowest BCUT2D eigenvalue weighted by atomic mass is 9.92. The van der Waals surface area contributed by atoms with E-state index in [-0.39, 0.29) is 6.03 Å². The molecule has 2 rings (SSSR count). The molecule has 1 aliphatic heterocycles. The predicted octanol–water partition coefficient (Wildman–Crippen LogP) is 3.31. The molecule has 0 radical (unpaired) electrons. The zero-order chi connectivity index (χ0) is 14.4. The number of likely N-dealkylation sites (tertiary alicyclic amines) is 1. The molecule has 2 unspecified atom stereocenters. The second kappa shape index (κ2) is 7.32.